The summed E-state index contributed by atoms with van der Waals surface area (Å²) in [6, 6.07) is 7.17. The van der Waals surface area contributed by atoms with Crippen LogP contribution in [0.2, 0.25) is 0 Å². The average molecular weight is 368 g/mol. The number of nitrogens with zero attached hydrogens (tertiary/aromatic N) is 1. The number of amides is 1. The minimum atomic E-state index is -0.352. The molecule has 0 aliphatic heterocycles. The van der Waals surface area contributed by atoms with Crippen LogP contribution in [0.4, 0.5) is 4.39 Å². The quantitative estimate of drug-likeness (QED) is 0.636. The van der Waals surface area contributed by atoms with E-state index in [1.165, 1.54) is 18.5 Å². The summed E-state index contributed by atoms with van der Waals surface area (Å²) in [6.45, 7) is 2.42. The molecule has 0 atom stereocenters. The number of pyridine rings is 1. The molecular formula is C21H21FN2O3. The molecule has 3 aromatic rings. The second kappa shape index (κ2) is 8.49. The van der Waals surface area contributed by atoms with Crippen LogP contribution in [0, 0.1) is 12.7 Å². The molecule has 5 nitrogen and oxygen atoms in total. The highest BCUT2D eigenvalue weighted by atomic mass is 19.1. The SMILES string of the molecule is COc1ccc(-c2cocc2C(=O)NCCCc2cncc(F)c2)cc1C. The van der Waals surface area contributed by atoms with Crippen LogP contribution >= 0.6 is 0 Å². The first kappa shape index (κ1) is 18.6. The predicted molar refractivity (Wildman–Crippen MR) is 100 cm³/mol. The van der Waals surface area contributed by atoms with Gasteiger partial charge in [0.05, 0.1) is 25.1 Å². The van der Waals surface area contributed by atoms with Gasteiger partial charge in [-0.15, -0.1) is 0 Å². The molecule has 2 aromatic heterocycles. The summed E-state index contributed by atoms with van der Waals surface area (Å²) in [6.07, 6.45) is 7.14. The summed E-state index contributed by atoms with van der Waals surface area (Å²) >= 11 is 0. The van der Waals surface area contributed by atoms with Crippen molar-refractivity contribution in [1.82, 2.24) is 10.3 Å². The Hall–Kier alpha value is -3.15. The Bertz CT molecular complexity index is 937. The van der Waals surface area contributed by atoms with Crippen molar-refractivity contribution in [2.45, 2.75) is 19.8 Å². The van der Waals surface area contributed by atoms with Gasteiger partial charge < -0.3 is 14.5 Å². The van der Waals surface area contributed by atoms with Gasteiger partial charge in [0.15, 0.2) is 0 Å². The van der Waals surface area contributed by atoms with Gasteiger partial charge in [-0.1, -0.05) is 6.07 Å². The normalized spacial score (nSPS) is 10.6. The lowest BCUT2D eigenvalue weighted by molar-refractivity contribution is 0.0953. The average Bonchev–Trinajstić information content (AvgIpc) is 3.15. The maximum atomic E-state index is 13.1. The monoisotopic (exact) mass is 368 g/mol. The number of hydrogen-bond acceptors (Lipinski definition) is 4. The van der Waals surface area contributed by atoms with E-state index in [1.54, 1.807) is 19.6 Å². The Morgan fingerprint density at radius 1 is 1.26 bits per heavy atom. The van der Waals surface area contributed by atoms with E-state index >= 15 is 0 Å². The molecule has 0 saturated carbocycles. The van der Waals surface area contributed by atoms with E-state index in [2.05, 4.69) is 10.3 Å². The second-order valence-corrected chi connectivity index (χ2v) is 6.25. The van der Waals surface area contributed by atoms with Gasteiger partial charge in [-0.25, -0.2) is 4.39 Å². The van der Waals surface area contributed by atoms with Gasteiger partial charge in [0.1, 0.15) is 17.8 Å². The Balaban J connectivity index is 1.61. The molecule has 0 aliphatic rings. The lowest BCUT2D eigenvalue weighted by Crippen LogP contribution is -2.24. The number of methoxy groups -OCH3 is 1. The van der Waals surface area contributed by atoms with Gasteiger partial charge in [0, 0.05) is 18.3 Å². The Labute approximate surface area is 157 Å². The standard InChI is InChI=1S/C21H21FN2O3/c1-14-8-16(5-6-20(14)26-2)18-12-27-13-19(18)21(25)24-7-3-4-15-9-17(22)11-23-10-15/h5-6,8-13H,3-4,7H2,1-2H3,(H,24,25). The number of halogens is 1. The topological polar surface area (TPSA) is 64.4 Å². The number of benzene rings is 1. The number of ether oxygens (including phenoxy) is 1. The van der Waals surface area contributed by atoms with Crippen molar-refractivity contribution in [3.05, 3.63) is 71.7 Å². The van der Waals surface area contributed by atoms with Crippen LogP contribution in [0.25, 0.3) is 11.1 Å². The molecule has 0 saturated heterocycles. The first-order valence-corrected chi connectivity index (χ1v) is 8.67. The maximum absolute atomic E-state index is 13.1. The molecule has 2 heterocycles. The summed E-state index contributed by atoms with van der Waals surface area (Å²) in [4.78, 5) is 16.3. The van der Waals surface area contributed by atoms with Gasteiger partial charge >= 0.3 is 0 Å². The molecular weight excluding hydrogens is 347 g/mol. The van der Waals surface area contributed by atoms with Crippen molar-refractivity contribution < 1.29 is 18.3 Å². The highest BCUT2D eigenvalue weighted by molar-refractivity contribution is 6.00. The smallest absolute Gasteiger partial charge is 0.255 e. The zero-order valence-electron chi connectivity index (χ0n) is 15.3. The van der Waals surface area contributed by atoms with Crippen LogP contribution in [0.1, 0.15) is 27.9 Å². The van der Waals surface area contributed by atoms with Crippen LogP contribution in [-0.2, 0) is 6.42 Å². The first-order valence-electron chi connectivity index (χ1n) is 8.67. The third-order valence-electron chi connectivity index (χ3n) is 4.30. The number of aryl methyl sites for hydroxylation is 2. The van der Waals surface area contributed by atoms with Crippen LogP contribution in [0.3, 0.4) is 0 Å². The van der Waals surface area contributed by atoms with Crippen LogP contribution < -0.4 is 10.1 Å². The summed E-state index contributed by atoms with van der Waals surface area (Å²) in [5, 5.41) is 2.88. The Kier molecular flexibility index (Phi) is 5.86. The molecule has 0 bridgehead atoms. The zero-order chi connectivity index (χ0) is 19.2. The Morgan fingerprint density at radius 3 is 2.85 bits per heavy atom. The fraction of sp³-hybridized carbons (Fsp3) is 0.238. The van der Waals surface area contributed by atoms with Gasteiger partial charge in [0.25, 0.3) is 5.91 Å². The lowest BCUT2D eigenvalue weighted by Gasteiger charge is -2.08. The van der Waals surface area contributed by atoms with Crippen molar-refractivity contribution in [3.63, 3.8) is 0 Å². The Morgan fingerprint density at radius 2 is 2.11 bits per heavy atom. The van der Waals surface area contributed by atoms with E-state index in [0.29, 0.717) is 24.9 Å². The molecule has 6 heteroatoms. The first-order chi connectivity index (χ1) is 13.1. The fourth-order valence-electron chi connectivity index (χ4n) is 2.92. The van der Waals surface area contributed by atoms with Crippen LogP contribution in [0.15, 0.2) is 53.6 Å². The molecule has 1 amide bonds. The van der Waals surface area contributed by atoms with Crippen molar-refractivity contribution in [2.24, 2.45) is 0 Å². The van der Waals surface area contributed by atoms with Crippen molar-refractivity contribution in [3.8, 4) is 16.9 Å². The molecule has 1 aromatic carbocycles. The lowest BCUT2D eigenvalue weighted by atomic mass is 10.0. The molecule has 140 valence electrons. The summed E-state index contributed by atoms with van der Waals surface area (Å²) in [7, 11) is 1.62. The highest BCUT2D eigenvalue weighted by Gasteiger charge is 2.16. The van der Waals surface area contributed by atoms with Crippen molar-refractivity contribution >= 4 is 5.91 Å². The van der Waals surface area contributed by atoms with Gasteiger partial charge in [-0.05, 0) is 54.7 Å². The minimum Gasteiger partial charge on any atom is -0.496 e. The molecule has 1 N–H and O–H groups in total. The number of aromatic nitrogens is 1. The van der Waals surface area contributed by atoms with E-state index < -0.39 is 0 Å². The van der Waals surface area contributed by atoms with Crippen LogP contribution in [-0.4, -0.2) is 24.5 Å². The second-order valence-electron chi connectivity index (χ2n) is 6.25. The minimum absolute atomic E-state index is 0.204. The van der Waals surface area contributed by atoms with E-state index in [4.69, 9.17) is 9.15 Å². The third-order valence-corrected chi connectivity index (χ3v) is 4.30. The summed E-state index contributed by atoms with van der Waals surface area (Å²) in [5.41, 5.74) is 3.88. The number of carbonyl (C=O) groups is 1. The number of carbonyl (C=O) groups excluding carboxylic acids is 1. The molecule has 0 fully saturated rings. The number of nitrogens with one attached hydrogen (secondary N) is 1. The van der Waals surface area contributed by atoms with E-state index in [0.717, 1.165) is 28.0 Å². The molecule has 27 heavy (non-hydrogen) atoms. The molecule has 0 radical (unpaired) electrons. The maximum Gasteiger partial charge on any atom is 0.255 e. The summed E-state index contributed by atoms with van der Waals surface area (Å²) < 4.78 is 23.7. The zero-order valence-corrected chi connectivity index (χ0v) is 15.3. The number of furan rings is 1. The van der Waals surface area contributed by atoms with Crippen molar-refractivity contribution in [2.75, 3.05) is 13.7 Å². The molecule has 0 aliphatic carbocycles. The number of rotatable bonds is 7. The van der Waals surface area contributed by atoms with Gasteiger partial charge in [-0.3, -0.25) is 9.78 Å². The molecule has 0 spiro atoms. The fourth-order valence-corrected chi connectivity index (χ4v) is 2.92. The largest absolute Gasteiger partial charge is 0.496 e. The molecule has 0 unspecified atom stereocenters. The van der Waals surface area contributed by atoms with Gasteiger partial charge in [-0.2, -0.15) is 0 Å². The van der Waals surface area contributed by atoms with Gasteiger partial charge in [0.2, 0.25) is 0 Å². The van der Waals surface area contributed by atoms with E-state index in [-0.39, 0.29) is 11.7 Å². The van der Waals surface area contributed by atoms with Crippen LogP contribution in [0.5, 0.6) is 5.75 Å². The van der Waals surface area contributed by atoms with Crippen molar-refractivity contribution in [1.29, 1.82) is 0 Å². The third kappa shape index (κ3) is 4.53. The summed E-state index contributed by atoms with van der Waals surface area (Å²) in [5.74, 6) is 0.235. The van der Waals surface area contributed by atoms with E-state index in [9.17, 15) is 9.18 Å². The number of hydrogen-bond donors (Lipinski definition) is 1. The highest BCUT2D eigenvalue weighted by Crippen LogP contribution is 2.29. The van der Waals surface area contributed by atoms with E-state index in [1.807, 2.05) is 25.1 Å². The molecule has 3 rings (SSSR count). The predicted octanol–water partition coefficient (Wildman–Crippen LogP) is 4.16.